The number of fused-ring (bicyclic) bond motifs is 1. The van der Waals surface area contributed by atoms with Crippen LogP contribution >= 0.6 is 11.3 Å². The minimum atomic E-state index is -0.0920. The van der Waals surface area contributed by atoms with E-state index in [-0.39, 0.29) is 11.8 Å². The van der Waals surface area contributed by atoms with Gasteiger partial charge in [0.15, 0.2) is 0 Å². The van der Waals surface area contributed by atoms with E-state index >= 15 is 0 Å². The lowest BCUT2D eigenvalue weighted by Gasteiger charge is -2.21. The monoisotopic (exact) mass is 395 g/mol. The van der Waals surface area contributed by atoms with Crippen LogP contribution in [0.2, 0.25) is 0 Å². The van der Waals surface area contributed by atoms with Gasteiger partial charge in [0, 0.05) is 34.8 Å². The van der Waals surface area contributed by atoms with E-state index < -0.39 is 0 Å². The molecular formula is C21H21N3O3S. The SMILES string of the molecule is COc1ccc(OC)c(NC(=O)C2CCc3nc(-c4cccnc4)sc3C2)c1. The van der Waals surface area contributed by atoms with Crippen LogP contribution in [-0.4, -0.2) is 30.1 Å². The first kappa shape index (κ1) is 18.4. The van der Waals surface area contributed by atoms with Crippen molar-refractivity contribution in [1.82, 2.24) is 9.97 Å². The molecule has 1 aliphatic carbocycles. The van der Waals surface area contributed by atoms with E-state index in [0.29, 0.717) is 23.6 Å². The average molecular weight is 395 g/mol. The smallest absolute Gasteiger partial charge is 0.227 e. The Hall–Kier alpha value is -2.93. The molecule has 28 heavy (non-hydrogen) atoms. The van der Waals surface area contributed by atoms with E-state index in [1.807, 2.05) is 18.3 Å². The highest BCUT2D eigenvalue weighted by Crippen LogP contribution is 2.35. The fraction of sp³-hybridized carbons (Fsp3) is 0.286. The average Bonchev–Trinajstić information content (AvgIpc) is 3.17. The van der Waals surface area contributed by atoms with Gasteiger partial charge in [0.25, 0.3) is 0 Å². The molecule has 2 aromatic heterocycles. The molecule has 144 valence electrons. The number of thiazole rings is 1. The van der Waals surface area contributed by atoms with Gasteiger partial charge in [-0.2, -0.15) is 0 Å². The van der Waals surface area contributed by atoms with Crippen LogP contribution in [0.1, 0.15) is 17.0 Å². The summed E-state index contributed by atoms with van der Waals surface area (Å²) in [5, 5.41) is 3.97. The molecule has 1 N–H and O–H groups in total. The number of benzene rings is 1. The largest absolute Gasteiger partial charge is 0.497 e. The number of ether oxygens (including phenoxy) is 2. The third-order valence-corrected chi connectivity index (χ3v) is 6.05. The van der Waals surface area contributed by atoms with Gasteiger partial charge in [0.05, 0.1) is 25.6 Å². The van der Waals surface area contributed by atoms with Gasteiger partial charge in [-0.3, -0.25) is 9.78 Å². The van der Waals surface area contributed by atoms with Crippen molar-refractivity contribution in [3.63, 3.8) is 0 Å². The van der Waals surface area contributed by atoms with Crippen molar-refractivity contribution >= 4 is 22.9 Å². The number of carbonyl (C=O) groups is 1. The standard InChI is InChI=1S/C21H21N3O3S/c1-26-15-6-8-18(27-2)17(11-15)23-20(25)13-5-7-16-19(10-13)28-21(24-16)14-4-3-9-22-12-14/h3-4,6,8-9,11-13H,5,7,10H2,1-2H3,(H,23,25). The van der Waals surface area contributed by atoms with Crippen LogP contribution in [0.5, 0.6) is 11.5 Å². The molecule has 0 radical (unpaired) electrons. The normalized spacial score (nSPS) is 15.6. The van der Waals surface area contributed by atoms with Crippen LogP contribution in [0.3, 0.4) is 0 Å². The molecule has 1 aromatic carbocycles. The lowest BCUT2D eigenvalue weighted by atomic mass is 9.90. The molecule has 1 amide bonds. The van der Waals surface area contributed by atoms with Crippen molar-refractivity contribution < 1.29 is 14.3 Å². The molecule has 0 saturated heterocycles. The summed E-state index contributed by atoms with van der Waals surface area (Å²) in [5.41, 5.74) is 2.74. The number of aromatic nitrogens is 2. The fourth-order valence-corrected chi connectivity index (χ4v) is 4.54. The summed E-state index contributed by atoms with van der Waals surface area (Å²) in [6, 6.07) is 9.29. The number of pyridine rings is 1. The Labute approximate surface area is 167 Å². The summed E-state index contributed by atoms with van der Waals surface area (Å²) in [6.07, 6.45) is 5.86. The summed E-state index contributed by atoms with van der Waals surface area (Å²) in [6.45, 7) is 0. The van der Waals surface area contributed by atoms with Gasteiger partial charge in [0.2, 0.25) is 5.91 Å². The van der Waals surface area contributed by atoms with Crippen LogP contribution in [0, 0.1) is 5.92 Å². The second-order valence-electron chi connectivity index (χ2n) is 6.63. The first-order chi connectivity index (χ1) is 13.7. The van der Waals surface area contributed by atoms with Crippen LogP contribution < -0.4 is 14.8 Å². The molecule has 3 aromatic rings. The van der Waals surface area contributed by atoms with Crippen molar-refractivity contribution in [2.75, 3.05) is 19.5 Å². The predicted octanol–water partition coefficient (Wildman–Crippen LogP) is 3.97. The van der Waals surface area contributed by atoms with Gasteiger partial charge in [-0.15, -0.1) is 11.3 Å². The predicted molar refractivity (Wildman–Crippen MR) is 109 cm³/mol. The zero-order chi connectivity index (χ0) is 19.5. The minimum Gasteiger partial charge on any atom is -0.497 e. The molecule has 0 saturated carbocycles. The van der Waals surface area contributed by atoms with Gasteiger partial charge in [0.1, 0.15) is 16.5 Å². The van der Waals surface area contributed by atoms with Crippen LogP contribution in [-0.2, 0) is 17.6 Å². The summed E-state index contributed by atoms with van der Waals surface area (Å²) in [7, 11) is 3.18. The molecule has 1 aliphatic rings. The summed E-state index contributed by atoms with van der Waals surface area (Å²) >= 11 is 1.65. The number of methoxy groups -OCH3 is 2. The van der Waals surface area contributed by atoms with Gasteiger partial charge >= 0.3 is 0 Å². The number of amides is 1. The van der Waals surface area contributed by atoms with E-state index in [2.05, 4.69) is 10.3 Å². The first-order valence-electron chi connectivity index (χ1n) is 9.10. The lowest BCUT2D eigenvalue weighted by molar-refractivity contribution is -0.120. The number of anilines is 1. The molecule has 1 atom stereocenters. The maximum Gasteiger partial charge on any atom is 0.227 e. The highest BCUT2D eigenvalue weighted by atomic mass is 32.1. The third-order valence-electron chi connectivity index (χ3n) is 4.88. The summed E-state index contributed by atoms with van der Waals surface area (Å²) < 4.78 is 10.6. The van der Waals surface area contributed by atoms with Gasteiger partial charge in [-0.25, -0.2) is 4.98 Å². The van der Waals surface area contributed by atoms with Gasteiger partial charge in [-0.05, 0) is 43.5 Å². The summed E-state index contributed by atoms with van der Waals surface area (Å²) in [5.74, 6) is 1.19. The molecule has 2 heterocycles. The van der Waals surface area contributed by atoms with Crippen LogP contribution in [0.4, 0.5) is 5.69 Å². The lowest BCUT2D eigenvalue weighted by Crippen LogP contribution is -2.27. The second-order valence-corrected chi connectivity index (χ2v) is 7.71. The molecular weight excluding hydrogens is 374 g/mol. The zero-order valence-corrected chi connectivity index (χ0v) is 16.6. The third kappa shape index (κ3) is 3.71. The zero-order valence-electron chi connectivity index (χ0n) is 15.8. The van der Waals surface area contributed by atoms with Crippen LogP contribution in [0.15, 0.2) is 42.7 Å². The van der Waals surface area contributed by atoms with Crippen molar-refractivity contribution in [2.24, 2.45) is 5.92 Å². The van der Waals surface area contributed by atoms with E-state index in [9.17, 15) is 4.79 Å². The van der Waals surface area contributed by atoms with E-state index in [1.165, 1.54) is 4.88 Å². The molecule has 4 rings (SSSR count). The van der Waals surface area contributed by atoms with Crippen molar-refractivity contribution in [2.45, 2.75) is 19.3 Å². The molecule has 0 bridgehead atoms. The second kappa shape index (κ2) is 7.98. The maximum atomic E-state index is 12.9. The number of carbonyl (C=O) groups excluding carboxylic acids is 1. The van der Waals surface area contributed by atoms with E-state index in [1.54, 1.807) is 50.0 Å². The van der Waals surface area contributed by atoms with Crippen molar-refractivity contribution in [3.05, 3.63) is 53.3 Å². The first-order valence-corrected chi connectivity index (χ1v) is 9.91. The van der Waals surface area contributed by atoms with Crippen molar-refractivity contribution in [3.8, 4) is 22.1 Å². The molecule has 0 aliphatic heterocycles. The number of aryl methyl sites for hydroxylation is 1. The Kier molecular flexibility index (Phi) is 5.25. The van der Waals surface area contributed by atoms with Gasteiger partial charge in [-0.1, -0.05) is 0 Å². The topological polar surface area (TPSA) is 73.3 Å². The Balaban J connectivity index is 1.50. The van der Waals surface area contributed by atoms with Crippen LogP contribution in [0.25, 0.3) is 10.6 Å². The Morgan fingerprint density at radius 1 is 1.25 bits per heavy atom. The van der Waals surface area contributed by atoms with E-state index in [4.69, 9.17) is 14.5 Å². The summed E-state index contributed by atoms with van der Waals surface area (Å²) in [4.78, 5) is 23.0. The van der Waals surface area contributed by atoms with Gasteiger partial charge < -0.3 is 14.8 Å². The van der Waals surface area contributed by atoms with Crippen molar-refractivity contribution in [1.29, 1.82) is 0 Å². The van der Waals surface area contributed by atoms with E-state index in [0.717, 1.165) is 29.1 Å². The number of nitrogens with zero attached hydrogens (tertiary/aromatic N) is 2. The molecule has 1 unspecified atom stereocenters. The highest BCUT2D eigenvalue weighted by molar-refractivity contribution is 7.15. The molecule has 6 nitrogen and oxygen atoms in total. The Bertz CT molecular complexity index is 988. The fourth-order valence-electron chi connectivity index (χ4n) is 3.36. The molecule has 7 heteroatoms. The maximum absolute atomic E-state index is 12.9. The molecule has 0 fully saturated rings. The highest BCUT2D eigenvalue weighted by Gasteiger charge is 2.28. The Morgan fingerprint density at radius 3 is 2.89 bits per heavy atom. The number of hydrogen-bond acceptors (Lipinski definition) is 6. The number of rotatable bonds is 5. The number of nitrogens with one attached hydrogen (secondary N) is 1. The minimum absolute atomic E-state index is 0.00599. The molecule has 0 spiro atoms. The Morgan fingerprint density at radius 2 is 2.14 bits per heavy atom. The quantitative estimate of drug-likeness (QED) is 0.708. The number of hydrogen-bond donors (Lipinski definition) is 1.